The zero-order valence-corrected chi connectivity index (χ0v) is 12.3. The third-order valence-corrected chi connectivity index (χ3v) is 4.26. The minimum Gasteiger partial charge on any atom is -0.481 e. The predicted octanol–water partition coefficient (Wildman–Crippen LogP) is 2.42. The molecule has 0 aromatic carbocycles. The van der Waals surface area contributed by atoms with Crippen LogP contribution in [0.5, 0.6) is 0 Å². The van der Waals surface area contributed by atoms with E-state index in [1.165, 1.54) is 0 Å². The maximum Gasteiger partial charge on any atom is 0.303 e. The molecule has 1 aliphatic heterocycles. The Morgan fingerprint density at radius 1 is 1.41 bits per heavy atom. The van der Waals surface area contributed by atoms with Gasteiger partial charge in [-0.15, -0.1) is 0 Å². The van der Waals surface area contributed by atoms with Crippen LogP contribution in [-0.2, 0) is 4.79 Å². The molecule has 1 amide bonds. The van der Waals surface area contributed by atoms with Crippen molar-refractivity contribution in [1.82, 2.24) is 14.9 Å². The van der Waals surface area contributed by atoms with Crippen molar-refractivity contribution in [2.45, 2.75) is 38.1 Å². The van der Waals surface area contributed by atoms with Crippen molar-refractivity contribution >= 4 is 22.9 Å². The number of carbonyl (C=O) groups is 2. The second-order valence-corrected chi connectivity index (χ2v) is 5.68. The van der Waals surface area contributed by atoms with Crippen LogP contribution >= 0.6 is 0 Å². The van der Waals surface area contributed by atoms with Gasteiger partial charge in [-0.3, -0.25) is 9.59 Å². The third-order valence-electron chi connectivity index (χ3n) is 4.26. The van der Waals surface area contributed by atoms with E-state index in [4.69, 9.17) is 5.11 Å². The largest absolute Gasteiger partial charge is 0.481 e. The summed E-state index contributed by atoms with van der Waals surface area (Å²) in [7, 11) is 0. The summed E-state index contributed by atoms with van der Waals surface area (Å²) in [6.07, 6.45) is 6.89. The smallest absolute Gasteiger partial charge is 0.303 e. The number of nitrogens with one attached hydrogen (secondary N) is 1. The van der Waals surface area contributed by atoms with Gasteiger partial charge in [-0.2, -0.15) is 0 Å². The highest BCUT2D eigenvalue weighted by molar-refractivity contribution is 6.06. The number of likely N-dealkylation sites (tertiary alicyclic amines) is 1. The molecule has 0 radical (unpaired) electrons. The zero-order valence-electron chi connectivity index (χ0n) is 12.3. The van der Waals surface area contributed by atoms with E-state index in [1.807, 2.05) is 17.0 Å². The van der Waals surface area contributed by atoms with E-state index in [0.717, 1.165) is 24.6 Å². The van der Waals surface area contributed by atoms with Crippen LogP contribution < -0.4 is 0 Å². The van der Waals surface area contributed by atoms with Gasteiger partial charge < -0.3 is 15.0 Å². The Bertz CT molecular complexity index is 695. The standard InChI is InChI=1S/C16H19N3O3/c20-14(21)7-6-11-4-1-2-9-19(11)16(22)13-10-18-15-12(13)5-3-8-17-15/h3,5,8,10-11H,1-2,4,6-7,9H2,(H,17,18)(H,20,21). The maximum atomic E-state index is 12.9. The molecule has 116 valence electrons. The van der Waals surface area contributed by atoms with Gasteiger partial charge in [0.05, 0.1) is 5.56 Å². The van der Waals surface area contributed by atoms with Crippen LogP contribution in [0.15, 0.2) is 24.5 Å². The number of aromatic nitrogens is 2. The van der Waals surface area contributed by atoms with Crippen molar-refractivity contribution in [3.05, 3.63) is 30.1 Å². The maximum absolute atomic E-state index is 12.9. The van der Waals surface area contributed by atoms with E-state index in [0.29, 0.717) is 24.2 Å². The van der Waals surface area contributed by atoms with Crippen LogP contribution in [0.4, 0.5) is 0 Å². The number of nitrogens with zero attached hydrogens (tertiary/aromatic N) is 2. The van der Waals surface area contributed by atoms with Crippen LogP contribution in [-0.4, -0.2) is 44.4 Å². The fraction of sp³-hybridized carbons (Fsp3) is 0.438. The molecule has 0 aliphatic carbocycles. The van der Waals surface area contributed by atoms with Gasteiger partial charge in [0.1, 0.15) is 5.65 Å². The summed E-state index contributed by atoms with van der Waals surface area (Å²) in [6, 6.07) is 3.70. The fourth-order valence-corrected chi connectivity index (χ4v) is 3.15. The Morgan fingerprint density at radius 2 is 2.27 bits per heavy atom. The molecular formula is C16H19N3O3. The highest BCUT2D eigenvalue weighted by Crippen LogP contribution is 2.25. The van der Waals surface area contributed by atoms with Crippen molar-refractivity contribution < 1.29 is 14.7 Å². The molecule has 0 saturated carbocycles. The minimum absolute atomic E-state index is 0.0129. The Labute approximate surface area is 128 Å². The molecule has 1 aliphatic rings. The average molecular weight is 301 g/mol. The van der Waals surface area contributed by atoms with Crippen molar-refractivity contribution in [1.29, 1.82) is 0 Å². The molecule has 0 spiro atoms. The summed E-state index contributed by atoms with van der Waals surface area (Å²) in [5.41, 5.74) is 1.32. The number of fused-ring (bicyclic) bond motifs is 1. The normalized spacial score (nSPS) is 18.5. The van der Waals surface area contributed by atoms with Gasteiger partial charge >= 0.3 is 5.97 Å². The molecule has 2 N–H and O–H groups in total. The zero-order chi connectivity index (χ0) is 15.5. The number of hydrogen-bond acceptors (Lipinski definition) is 3. The number of aliphatic carboxylic acids is 1. The number of aromatic amines is 1. The number of carboxylic acids is 1. The Balaban J connectivity index is 1.83. The van der Waals surface area contributed by atoms with Gasteiger partial charge in [0.25, 0.3) is 5.91 Å². The first-order chi connectivity index (χ1) is 10.7. The van der Waals surface area contributed by atoms with E-state index >= 15 is 0 Å². The second kappa shape index (κ2) is 6.17. The molecular weight excluding hydrogens is 282 g/mol. The van der Waals surface area contributed by atoms with Crippen molar-refractivity contribution in [3.63, 3.8) is 0 Å². The molecule has 6 nitrogen and oxygen atoms in total. The van der Waals surface area contributed by atoms with Crippen LogP contribution in [0.2, 0.25) is 0 Å². The quantitative estimate of drug-likeness (QED) is 0.908. The summed E-state index contributed by atoms with van der Waals surface area (Å²) >= 11 is 0. The number of hydrogen-bond donors (Lipinski definition) is 2. The monoisotopic (exact) mass is 301 g/mol. The lowest BCUT2D eigenvalue weighted by molar-refractivity contribution is -0.137. The second-order valence-electron chi connectivity index (χ2n) is 5.68. The Kier molecular flexibility index (Phi) is 4.09. The van der Waals surface area contributed by atoms with Gasteiger partial charge in [0.2, 0.25) is 0 Å². The predicted molar refractivity (Wildman–Crippen MR) is 81.6 cm³/mol. The first-order valence-corrected chi connectivity index (χ1v) is 7.61. The number of carbonyl (C=O) groups excluding carboxylic acids is 1. The van der Waals surface area contributed by atoms with E-state index in [2.05, 4.69) is 9.97 Å². The molecule has 1 unspecified atom stereocenters. The van der Waals surface area contributed by atoms with Crippen LogP contribution in [0.3, 0.4) is 0 Å². The fourth-order valence-electron chi connectivity index (χ4n) is 3.15. The van der Waals surface area contributed by atoms with E-state index < -0.39 is 5.97 Å². The van der Waals surface area contributed by atoms with Gasteiger partial charge in [-0.1, -0.05) is 0 Å². The number of piperidine rings is 1. The number of amides is 1. The molecule has 0 bridgehead atoms. The molecule has 2 aromatic rings. The Morgan fingerprint density at radius 3 is 3.09 bits per heavy atom. The van der Waals surface area contributed by atoms with E-state index in [9.17, 15) is 9.59 Å². The van der Waals surface area contributed by atoms with Gasteiger partial charge in [-0.25, -0.2) is 4.98 Å². The van der Waals surface area contributed by atoms with Crippen LogP contribution in [0.25, 0.3) is 11.0 Å². The molecule has 6 heteroatoms. The number of pyridine rings is 1. The number of rotatable bonds is 4. The SMILES string of the molecule is O=C(O)CCC1CCCCN1C(=O)c1c[nH]c2ncccc12. The molecule has 3 heterocycles. The molecule has 2 aromatic heterocycles. The first-order valence-electron chi connectivity index (χ1n) is 7.61. The lowest BCUT2D eigenvalue weighted by atomic mass is 9.97. The topological polar surface area (TPSA) is 86.3 Å². The Hall–Kier alpha value is -2.37. The molecule has 1 saturated heterocycles. The van der Waals surface area contributed by atoms with Crippen molar-refractivity contribution in [2.75, 3.05) is 6.54 Å². The van der Waals surface area contributed by atoms with Gasteiger partial charge in [0, 0.05) is 36.8 Å². The molecule has 3 rings (SSSR count). The van der Waals surface area contributed by atoms with Crippen molar-refractivity contribution in [3.8, 4) is 0 Å². The number of H-pyrrole nitrogens is 1. The van der Waals surface area contributed by atoms with Crippen LogP contribution in [0.1, 0.15) is 42.5 Å². The van der Waals surface area contributed by atoms with Gasteiger partial charge in [0.15, 0.2) is 0 Å². The highest BCUT2D eigenvalue weighted by Gasteiger charge is 2.29. The third kappa shape index (κ3) is 2.81. The van der Waals surface area contributed by atoms with E-state index in [1.54, 1.807) is 12.4 Å². The first kappa shape index (κ1) is 14.6. The number of carboxylic acid groups (broad SMARTS) is 1. The average Bonchev–Trinajstić information content (AvgIpc) is 2.96. The lowest BCUT2D eigenvalue weighted by Gasteiger charge is -2.35. The highest BCUT2D eigenvalue weighted by atomic mass is 16.4. The van der Waals surface area contributed by atoms with Gasteiger partial charge in [-0.05, 0) is 37.8 Å². The summed E-state index contributed by atoms with van der Waals surface area (Å²) in [5, 5.41) is 9.69. The summed E-state index contributed by atoms with van der Waals surface area (Å²) in [5.74, 6) is -0.844. The summed E-state index contributed by atoms with van der Waals surface area (Å²) < 4.78 is 0. The lowest BCUT2D eigenvalue weighted by Crippen LogP contribution is -2.43. The molecule has 1 atom stereocenters. The van der Waals surface area contributed by atoms with E-state index in [-0.39, 0.29) is 18.4 Å². The summed E-state index contributed by atoms with van der Waals surface area (Å²) in [4.78, 5) is 32.7. The molecule has 1 fully saturated rings. The van der Waals surface area contributed by atoms with Crippen LogP contribution in [0, 0.1) is 0 Å². The minimum atomic E-state index is -0.811. The summed E-state index contributed by atoms with van der Waals surface area (Å²) in [6.45, 7) is 0.691. The van der Waals surface area contributed by atoms with Crippen molar-refractivity contribution in [2.24, 2.45) is 0 Å². The molecule has 22 heavy (non-hydrogen) atoms.